The normalized spacial score (nSPS) is 21.7. The van der Waals surface area contributed by atoms with E-state index >= 15 is 4.39 Å². The molecule has 7 nitrogen and oxygen atoms in total. The molecule has 0 saturated carbocycles. The molecule has 304 valence electrons. The summed E-state index contributed by atoms with van der Waals surface area (Å²) < 4.78 is 50.4. The third-order valence-corrected chi connectivity index (χ3v) is 11.4. The molecule has 1 aliphatic carbocycles. The van der Waals surface area contributed by atoms with Crippen molar-refractivity contribution in [3.8, 4) is 0 Å². The van der Waals surface area contributed by atoms with Crippen molar-refractivity contribution in [3.05, 3.63) is 213 Å². The Morgan fingerprint density at radius 2 is 1.17 bits per heavy atom. The first-order valence-electron chi connectivity index (χ1n) is 20.5. The van der Waals surface area contributed by atoms with E-state index < -0.39 is 42.1 Å². The number of halogens is 1. The predicted molar refractivity (Wildman–Crippen MR) is 224 cm³/mol. The van der Waals surface area contributed by atoms with Crippen molar-refractivity contribution in [1.29, 1.82) is 0 Å². The zero-order chi connectivity index (χ0) is 40.6. The van der Waals surface area contributed by atoms with Crippen molar-refractivity contribution in [2.75, 3.05) is 6.61 Å². The van der Waals surface area contributed by atoms with E-state index in [1.54, 1.807) is 6.07 Å². The zero-order valence-corrected chi connectivity index (χ0v) is 33.3. The maximum absolute atomic E-state index is 16.9. The minimum absolute atomic E-state index is 0.0213. The lowest BCUT2D eigenvalue weighted by atomic mass is 9.83. The molecule has 0 bridgehead atoms. The lowest BCUT2D eigenvalue weighted by Gasteiger charge is -2.50. The number of rotatable bonds is 17. The Bertz CT molecular complexity index is 2260. The zero-order valence-electron chi connectivity index (χ0n) is 33.3. The summed E-state index contributed by atoms with van der Waals surface area (Å²) in [6.45, 7) is 2.58. The fraction of sp³-hybridized carbons (Fsp3) is 0.294. The van der Waals surface area contributed by atoms with E-state index in [4.69, 9.17) is 23.7 Å². The Balaban J connectivity index is 1.23. The fourth-order valence-corrected chi connectivity index (χ4v) is 8.10. The summed E-state index contributed by atoms with van der Waals surface area (Å²) >= 11 is 0. The molecular formula is C51H51FO7. The molecule has 8 rings (SSSR count). The van der Waals surface area contributed by atoms with Crippen LogP contribution in [0.2, 0.25) is 0 Å². The molecule has 1 fully saturated rings. The Morgan fingerprint density at radius 1 is 0.644 bits per heavy atom. The molecule has 6 aromatic carbocycles. The summed E-state index contributed by atoms with van der Waals surface area (Å²) in [6, 6.07) is 47.8. The maximum atomic E-state index is 16.9. The lowest BCUT2D eigenvalue weighted by molar-refractivity contribution is -0.379. The van der Waals surface area contributed by atoms with Crippen LogP contribution < -0.4 is 0 Å². The number of aliphatic hydroxyl groups is 2. The van der Waals surface area contributed by atoms with Crippen LogP contribution in [0.5, 0.6) is 0 Å². The third kappa shape index (κ3) is 9.40. The van der Waals surface area contributed by atoms with Gasteiger partial charge >= 0.3 is 0 Å². The Kier molecular flexibility index (Phi) is 13.1. The SMILES string of the molecule is CCc1cc(F)c(C2(O)O[C@H](COCc3ccccc3)[C@@H](OCc3ccccc3)[C@H](OCc3ccccc3)[C@H]2OCc2ccccc2)cc1C(O)c1ccc2c(c1)CC2. The standard InChI is InChI=1S/C51H51FO7/c1-2-39-28-45(52)44(29-43(39)47(53)42-26-24-40-23-25-41(40)27-42)51(54)50(58-33-38-21-13-6-14-22-38)49(57-32-37-19-11-5-12-20-37)48(56-31-36-17-9-4-10-18-36)46(59-51)34-55-30-35-15-7-3-8-16-35/h3-22,24,26-29,46-50,53-54H,2,23,25,30-34H2,1H3/t46-,47?,48-,49+,50-,51?/m1/s1. The molecule has 2 N–H and O–H groups in total. The van der Waals surface area contributed by atoms with Crippen molar-refractivity contribution in [2.24, 2.45) is 0 Å². The van der Waals surface area contributed by atoms with Gasteiger partial charge in [-0.2, -0.15) is 0 Å². The molecule has 0 amide bonds. The van der Waals surface area contributed by atoms with Gasteiger partial charge in [0.05, 0.1) is 33.0 Å². The number of hydrogen-bond donors (Lipinski definition) is 2. The highest BCUT2D eigenvalue weighted by Gasteiger charge is 2.58. The molecule has 0 spiro atoms. The van der Waals surface area contributed by atoms with E-state index in [2.05, 4.69) is 0 Å². The molecule has 1 heterocycles. The lowest BCUT2D eigenvalue weighted by Crippen LogP contribution is -2.66. The molecule has 2 unspecified atom stereocenters. The van der Waals surface area contributed by atoms with E-state index in [-0.39, 0.29) is 38.6 Å². The van der Waals surface area contributed by atoms with E-state index in [0.717, 1.165) is 35.1 Å². The van der Waals surface area contributed by atoms with Crippen molar-refractivity contribution in [2.45, 2.75) is 88.9 Å². The number of aliphatic hydroxyl groups excluding tert-OH is 1. The summed E-state index contributed by atoms with van der Waals surface area (Å²) in [4.78, 5) is 0. The van der Waals surface area contributed by atoms with Gasteiger partial charge in [0.25, 0.3) is 0 Å². The highest BCUT2D eigenvalue weighted by atomic mass is 19.1. The second kappa shape index (κ2) is 18.9. The number of ether oxygens (including phenoxy) is 5. The first-order valence-corrected chi connectivity index (χ1v) is 20.5. The maximum Gasteiger partial charge on any atom is 0.225 e. The quantitative estimate of drug-likeness (QED) is 0.0954. The average Bonchev–Trinajstić information content (AvgIpc) is 3.26. The molecule has 6 aromatic rings. The van der Waals surface area contributed by atoms with Gasteiger partial charge in [0.1, 0.15) is 36.3 Å². The van der Waals surface area contributed by atoms with Gasteiger partial charge in [0, 0.05) is 5.56 Å². The van der Waals surface area contributed by atoms with Gasteiger partial charge in [-0.25, -0.2) is 4.39 Å². The second-order valence-corrected chi connectivity index (χ2v) is 15.4. The predicted octanol–water partition coefficient (Wildman–Crippen LogP) is 9.09. The highest BCUT2D eigenvalue weighted by molar-refractivity contribution is 5.45. The summed E-state index contributed by atoms with van der Waals surface area (Å²) in [5.41, 5.74) is 7.71. The van der Waals surface area contributed by atoms with Gasteiger partial charge in [-0.1, -0.05) is 146 Å². The summed E-state index contributed by atoms with van der Waals surface area (Å²) in [6.07, 6.45) is -2.79. The van der Waals surface area contributed by atoms with Gasteiger partial charge in [-0.05, 0) is 81.5 Å². The minimum atomic E-state index is -2.44. The molecular weight excluding hydrogens is 744 g/mol. The smallest absolute Gasteiger partial charge is 0.225 e. The van der Waals surface area contributed by atoms with Crippen LogP contribution in [0.4, 0.5) is 4.39 Å². The summed E-state index contributed by atoms with van der Waals surface area (Å²) in [5.74, 6) is -3.13. The molecule has 8 heteroatoms. The average molecular weight is 795 g/mol. The molecule has 6 atom stereocenters. The van der Waals surface area contributed by atoms with Crippen molar-refractivity contribution in [3.63, 3.8) is 0 Å². The van der Waals surface area contributed by atoms with Crippen LogP contribution >= 0.6 is 0 Å². The van der Waals surface area contributed by atoms with Crippen LogP contribution in [-0.2, 0) is 75.2 Å². The van der Waals surface area contributed by atoms with Gasteiger partial charge in [-0.15, -0.1) is 0 Å². The minimum Gasteiger partial charge on any atom is -0.384 e. The van der Waals surface area contributed by atoms with Crippen LogP contribution in [0, 0.1) is 5.82 Å². The molecule has 1 saturated heterocycles. The van der Waals surface area contributed by atoms with Crippen molar-refractivity contribution in [1.82, 2.24) is 0 Å². The number of benzene rings is 6. The van der Waals surface area contributed by atoms with Crippen molar-refractivity contribution < 1.29 is 38.3 Å². The molecule has 59 heavy (non-hydrogen) atoms. The molecule has 1 aliphatic heterocycles. The Morgan fingerprint density at radius 3 is 1.69 bits per heavy atom. The molecule has 0 aromatic heterocycles. The van der Waals surface area contributed by atoms with E-state index in [0.29, 0.717) is 23.1 Å². The van der Waals surface area contributed by atoms with Crippen LogP contribution in [0.25, 0.3) is 0 Å². The van der Waals surface area contributed by atoms with Crippen LogP contribution in [0.3, 0.4) is 0 Å². The monoisotopic (exact) mass is 794 g/mol. The first-order chi connectivity index (χ1) is 28.9. The fourth-order valence-electron chi connectivity index (χ4n) is 8.10. The number of hydrogen-bond acceptors (Lipinski definition) is 7. The Hall–Kier alpha value is -5.03. The number of fused-ring (bicyclic) bond motifs is 1. The van der Waals surface area contributed by atoms with Crippen LogP contribution in [0.1, 0.15) is 68.7 Å². The topological polar surface area (TPSA) is 86.6 Å². The molecule has 0 radical (unpaired) electrons. The van der Waals surface area contributed by atoms with Crippen LogP contribution in [-0.4, -0.2) is 41.2 Å². The number of aryl methyl sites for hydroxylation is 3. The van der Waals surface area contributed by atoms with E-state index in [1.807, 2.05) is 146 Å². The first kappa shape index (κ1) is 40.7. The highest BCUT2D eigenvalue weighted by Crippen LogP contribution is 2.44. The van der Waals surface area contributed by atoms with E-state index in [1.165, 1.54) is 17.2 Å². The summed E-state index contributed by atoms with van der Waals surface area (Å²) in [5, 5.41) is 25.3. The van der Waals surface area contributed by atoms with Gasteiger partial charge in [0.15, 0.2) is 0 Å². The van der Waals surface area contributed by atoms with Gasteiger partial charge in [-0.3, -0.25) is 0 Å². The Labute approximate surface area is 346 Å². The largest absolute Gasteiger partial charge is 0.384 e. The van der Waals surface area contributed by atoms with Gasteiger partial charge < -0.3 is 33.9 Å². The molecule has 2 aliphatic rings. The van der Waals surface area contributed by atoms with Crippen LogP contribution in [0.15, 0.2) is 152 Å². The van der Waals surface area contributed by atoms with Crippen molar-refractivity contribution >= 4 is 0 Å². The van der Waals surface area contributed by atoms with Gasteiger partial charge in [0.2, 0.25) is 5.79 Å². The third-order valence-electron chi connectivity index (χ3n) is 11.4. The second-order valence-electron chi connectivity index (χ2n) is 15.4. The summed E-state index contributed by atoms with van der Waals surface area (Å²) in [7, 11) is 0. The van der Waals surface area contributed by atoms with E-state index in [9.17, 15) is 10.2 Å².